The quantitative estimate of drug-likeness (QED) is 0.927. The van der Waals surface area contributed by atoms with Crippen LogP contribution in [-0.2, 0) is 0 Å². The topological polar surface area (TPSA) is 43.8 Å². The molecular weight excluding hydrogens is 283 g/mol. The van der Waals surface area contributed by atoms with Gasteiger partial charge in [-0.25, -0.2) is 4.39 Å². The normalized spacial score (nSPS) is 29.0. The Hall–Kier alpha value is -1.46. The number of likely N-dealkylation sites (tertiary alicyclic amines) is 1. The van der Waals surface area contributed by atoms with Crippen molar-refractivity contribution in [2.75, 3.05) is 20.1 Å². The zero-order valence-corrected chi connectivity index (χ0v) is 12.9. The van der Waals surface area contributed by atoms with E-state index in [0.29, 0.717) is 5.56 Å². The van der Waals surface area contributed by atoms with Crippen LogP contribution in [0.2, 0.25) is 0 Å². The van der Waals surface area contributed by atoms with Crippen LogP contribution < -0.4 is 0 Å². The molecule has 1 N–H and O–H groups in total. The van der Waals surface area contributed by atoms with Gasteiger partial charge in [-0.2, -0.15) is 0 Å². The average molecular weight is 306 g/mol. The number of hydrogen-bond donors (Lipinski definition) is 1. The standard InChI is InChI=1S/C17H23FN2O2/c1-19(17(22)12-5-4-6-13(18)11-12)14-7-8-15(16(14)21)20-9-2-3-10-20/h4-6,11,14-16,21H,2-3,7-10H2,1H3/t14-,15-,16-/m1/s1. The lowest BCUT2D eigenvalue weighted by Gasteiger charge is -2.32. The molecule has 1 aliphatic heterocycles. The predicted molar refractivity (Wildman–Crippen MR) is 82.1 cm³/mol. The Balaban J connectivity index is 1.69. The zero-order chi connectivity index (χ0) is 15.7. The van der Waals surface area contributed by atoms with Crippen molar-refractivity contribution in [3.63, 3.8) is 0 Å². The number of amides is 1. The number of likely N-dealkylation sites (N-methyl/N-ethyl adjacent to an activating group) is 1. The highest BCUT2D eigenvalue weighted by atomic mass is 19.1. The minimum absolute atomic E-state index is 0.148. The first-order valence-electron chi connectivity index (χ1n) is 8.03. The number of hydrogen-bond acceptors (Lipinski definition) is 3. The van der Waals surface area contributed by atoms with Gasteiger partial charge >= 0.3 is 0 Å². The molecule has 3 atom stereocenters. The van der Waals surface area contributed by atoms with Gasteiger partial charge in [0.25, 0.3) is 5.91 Å². The highest BCUT2D eigenvalue weighted by Crippen LogP contribution is 2.30. The molecule has 1 saturated heterocycles. The second kappa shape index (κ2) is 6.34. The minimum Gasteiger partial charge on any atom is -0.389 e. The summed E-state index contributed by atoms with van der Waals surface area (Å²) in [6, 6.07) is 5.68. The van der Waals surface area contributed by atoms with Crippen molar-refractivity contribution >= 4 is 5.91 Å². The number of aliphatic hydroxyl groups excluding tert-OH is 1. The molecule has 1 amide bonds. The molecule has 0 spiro atoms. The SMILES string of the molecule is CN(C(=O)c1cccc(F)c1)[C@@H]1CC[C@@H](N2CCCC2)[C@@H]1O. The zero-order valence-electron chi connectivity index (χ0n) is 12.9. The maximum Gasteiger partial charge on any atom is 0.254 e. The number of nitrogens with zero attached hydrogens (tertiary/aromatic N) is 2. The van der Waals surface area contributed by atoms with Gasteiger partial charge in [-0.15, -0.1) is 0 Å². The second-order valence-electron chi connectivity index (χ2n) is 6.37. The molecule has 1 heterocycles. The minimum atomic E-state index is -0.527. The van der Waals surface area contributed by atoms with E-state index in [0.717, 1.165) is 25.9 Å². The van der Waals surface area contributed by atoms with Gasteiger partial charge in [0.15, 0.2) is 0 Å². The molecule has 2 fully saturated rings. The summed E-state index contributed by atoms with van der Waals surface area (Å²) in [5, 5.41) is 10.6. The maximum absolute atomic E-state index is 13.3. The highest BCUT2D eigenvalue weighted by molar-refractivity contribution is 5.94. The molecule has 120 valence electrons. The number of rotatable bonds is 3. The van der Waals surface area contributed by atoms with Crippen LogP contribution in [0.25, 0.3) is 0 Å². The van der Waals surface area contributed by atoms with E-state index < -0.39 is 11.9 Å². The molecule has 4 nitrogen and oxygen atoms in total. The molecule has 3 rings (SSSR count). The molecule has 22 heavy (non-hydrogen) atoms. The van der Waals surface area contributed by atoms with Gasteiger partial charge in [-0.3, -0.25) is 9.69 Å². The van der Waals surface area contributed by atoms with Crippen LogP contribution in [0, 0.1) is 5.82 Å². The summed E-state index contributed by atoms with van der Waals surface area (Å²) in [4.78, 5) is 16.4. The molecule has 1 aromatic rings. The van der Waals surface area contributed by atoms with Gasteiger partial charge < -0.3 is 10.0 Å². The number of carbonyl (C=O) groups is 1. The molecule has 0 aromatic heterocycles. The lowest BCUT2D eigenvalue weighted by atomic mass is 10.1. The Morgan fingerprint density at radius 3 is 2.73 bits per heavy atom. The van der Waals surface area contributed by atoms with Gasteiger partial charge in [0, 0.05) is 18.7 Å². The van der Waals surface area contributed by atoms with Crippen LogP contribution >= 0.6 is 0 Å². The number of halogens is 1. The average Bonchev–Trinajstić information content (AvgIpc) is 3.15. The lowest BCUT2D eigenvalue weighted by molar-refractivity contribution is 0.0296. The summed E-state index contributed by atoms with van der Waals surface area (Å²) in [6.45, 7) is 2.08. The van der Waals surface area contributed by atoms with Gasteiger partial charge in [0.1, 0.15) is 5.82 Å². The molecule has 5 heteroatoms. The van der Waals surface area contributed by atoms with E-state index in [4.69, 9.17) is 0 Å². The van der Waals surface area contributed by atoms with Crippen LogP contribution in [0.3, 0.4) is 0 Å². The lowest BCUT2D eigenvalue weighted by Crippen LogP contribution is -2.48. The first-order chi connectivity index (χ1) is 10.6. The van der Waals surface area contributed by atoms with Gasteiger partial charge in [0.05, 0.1) is 12.1 Å². The van der Waals surface area contributed by atoms with Gasteiger partial charge in [-0.05, 0) is 57.0 Å². The first-order valence-corrected chi connectivity index (χ1v) is 8.03. The van der Waals surface area contributed by atoms with Crippen molar-refractivity contribution in [1.29, 1.82) is 0 Å². The van der Waals surface area contributed by atoms with Crippen LogP contribution in [0.15, 0.2) is 24.3 Å². The van der Waals surface area contributed by atoms with Crippen molar-refractivity contribution in [2.24, 2.45) is 0 Å². The van der Waals surface area contributed by atoms with Crippen LogP contribution in [0.1, 0.15) is 36.0 Å². The van der Waals surface area contributed by atoms with Crippen LogP contribution in [0.5, 0.6) is 0 Å². The van der Waals surface area contributed by atoms with E-state index in [1.807, 2.05) is 0 Å². The van der Waals surface area contributed by atoms with Crippen molar-refractivity contribution in [3.8, 4) is 0 Å². The van der Waals surface area contributed by atoms with E-state index in [1.54, 1.807) is 18.0 Å². The largest absolute Gasteiger partial charge is 0.389 e. The summed E-state index contributed by atoms with van der Waals surface area (Å²) < 4.78 is 13.3. The predicted octanol–water partition coefficient (Wildman–Crippen LogP) is 1.89. The molecule has 1 aromatic carbocycles. The third-order valence-electron chi connectivity index (χ3n) is 5.05. The molecular formula is C17H23FN2O2. The Morgan fingerprint density at radius 1 is 1.32 bits per heavy atom. The fourth-order valence-electron chi connectivity index (χ4n) is 3.81. The van der Waals surface area contributed by atoms with E-state index >= 15 is 0 Å². The molecule has 1 saturated carbocycles. The molecule has 0 radical (unpaired) electrons. The monoisotopic (exact) mass is 306 g/mol. The third-order valence-corrected chi connectivity index (χ3v) is 5.05. The summed E-state index contributed by atoms with van der Waals surface area (Å²) >= 11 is 0. The van der Waals surface area contributed by atoms with Crippen molar-refractivity contribution in [1.82, 2.24) is 9.80 Å². The number of aliphatic hydroxyl groups is 1. The molecule has 2 aliphatic rings. The second-order valence-corrected chi connectivity index (χ2v) is 6.37. The highest BCUT2D eigenvalue weighted by Gasteiger charge is 2.42. The van der Waals surface area contributed by atoms with E-state index in [1.165, 1.54) is 31.0 Å². The molecule has 0 bridgehead atoms. The Bertz CT molecular complexity index is 545. The Labute approximate surface area is 130 Å². The maximum atomic E-state index is 13.3. The molecule has 1 aliphatic carbocycles. The van der Waals surface area contributed by atoms with E-state index in [9.17, 15) is 14.3 Å². The Kier molecular flexibility index (Phi) is 4.45. The summed E-state index contributed by atoms with van der Waals surface area (Å²) in [5.74, 6) is -0.646. The summed E-state index contributed by atoms with van der Waals surface area (Å²) in [5.41, 5.74) is 0.333. The van der Waals surface area contributed by atoms with Crippen LogP contribution in [-0.4, -0.2) is 59.1 Å². The van der Waals surface area contributed by atoms with E-state index in [2.05, 4.69) is 4.90 Å². The van der Waals surface area contributed by atoms with Gasteiger partial charge in [-0.1, -0.05) is 6.07 Å². The molecule has 0 unspecified atom stereocenters. The fourth-order valence-corrected chi connectivity index (χ4v) is 3.81. The smallest absolute Gasteiger partial charge is 0.254 e. The van der Waals surface area contributed by atoms with Crippen molar-refractivity contribution in [3.05, 3.63) is 35.6 Å². The third kappa shape index (κ3) is 2.88. The number of carbonyl (C=O) groups excluding carboxylic acids is 1. The van der Waals surface area contributed by atoms with Gasteiger partial charge in [0.2, 0.25) is 0 Å². The van der Waals surface area contributed by atoms with Crippen LogP contribution in [0.4, 0.5) is 4.39 Å². The van der Waals surface area contributed by atoms with Crippen molar-refractivity contribution < 1.29 is 14.3 Å². The van der Waals surface area contributed by atoms with Crippen molar-refractivity contribution in [2.45, 2.75) is 43.9 Å². The van der Waals surface area contributed by atoms with E-state index in [-0.39, 0.29) is 18.0 Å². The summed E-state index contributed by atoms with van der Waals surface area (Å²) in [6.07, 6.45) is 3.55. The Morgan fingerprint density at radius 2 is 2.05 bits per heavy atom. The summed E-state index contributed by atoms with van der Waals surface area (Å²) in [7, 11) is 1.70. The first kappa shape index (κ1) is 15.4. The number of benzene rings is 1. The fraction of sp³-hybridized carbons (Fsp3) is 0.588.